The number of aryl methyl sites for hydroxylation is 2. The lowest BCUT2D eigenvalue weighted by molar-refractivity contribution is -0.139. The molecule has 0 spiro atoms. The molecule has 0 heterocycles. The van der Waals surface area contributed by atoms with Crippen LogP contribution in [0.25, 0.3) is 0 Å². The monoisotopic (exact) mass is 458 g/mol. The topological polar surface area (TPSA) is 109 Å². The van der Waals surface area contributed by atoms with Gasteiger partial charge < -0.3 is 15.4 Å². The van der Waals surface area contributed by atoms with Crippen molar-refractivity contribution in [3.05, 3.63) is 58.1 Å². The molecule has 2 rings (SSSR count). The molecule has 3 N–H and O–H groups in total. The van der Waals surface area contributed by atoms with Crippen molar-refractivity contribution in [3.8, 4) is 5.75 Å². The quantitative estimate of drug-likeness (QED) is 0.320. The second-order valence-corrected chi connectivity index (χ2v) is 8.06. The molecule has 32 heavy (non-hydrogen) atoms. The van der Waals surface area contributed by atoms with Gasteiger partial charge in [0.2, 0.25) is 0 Å². The first-order chi connectivity index (χ1) is 15.2. The molecule has 0 aliphatic rings. The maximum Gasteiger partial charge on any atom is 0.329 e. The first-order valence-electron chi connectivity index (χ1n) is 10.1. The Morgan fingerprint density at radius 2 is 1.81 bits per heavy atom. The number of nitrogens with one attached hydrogen (secondary N) is 3. The number of hydrogen-bond acceptors (Lipinski definition) is 5. The van der Waals surface area contributed by atoms with Gasteiger partial charge in [-0.25, -0.2) is 5.43 Å². The number of rotatable bonds is 8. The van der Waals surface area contributed by atoms with Gasteiger partial charge in [-0.2, -0.15) is 5.10 Å². The Balaban J connectivity index is 1.96. The van der Waals surface area contributed by atoms with Gasteiger partial charge in [0.05, 0.1) is 6.21 Å². The molecule has 0 bridgehead atoms. The van der Waals surface area contributed by atoms with Crippen LogP contribution in [-0.4, -0.2) is 37.1 Å². The van der Waals surface area contributed by atoms with E-state index in [0.29, 0.717) is 28.6 Å². The van der Waals surface area contributed by atoms with Gasteiger partial charge in [-0.1, -0.05) is 31.5 Å². The lowest BCUT2D eigenvalue weighted by Crippen LogP contribution is -2.39. The van der Waals surface area contributed by atoms with Crippen LogP contribution >= 0.6 is 11.6 Å². The van der Waals surface area contributed by atoms with Crippen molar-refractivity contribution >= 4 is 41.2 Å². The van der Waals surface area contributed by atoms with Gasteiger partial charge >= 0.3 is 11.8 Å². The number of benzene rings is 2. The second-order valence-electron chi connectivity index (χ2n) is 7.62. The maximum absolute atomic E-state index is 12.3. The van der Waals surface area contributed by atoms with E-state index in [1.54, 1.807) is 18.2 Å². The van der Waals surface area contributed by atoms with Crippen molar-refractivity contribution < 1.29 is 19.1 Å². The summed E-state index contributed by atoms with van der Waals surface area (Å²) in [6.45, 7) is 7.94. The second kappa shape index (κ2) is 11.9. The maximum atomic E-state index is 12.3. The number of amides is 3. The summed E-state index contributed by atoms with van der Waals surface area (Å²) in [6, 6.07) is 10.4. The van der Waals surface area contributed by atoms with E-state index < -0.39 is 11.8 Å². The zero-order chi connectivity index (χ0) is 23.7. The SMILES string of the molecule is Cc1ccc(NC(=O)COc2ccc(Cl)cc2/C=N\NC(=O)C(=O)NCC(C)C)cc1C. The number of hydrazone groups is 1. The molecule has 0 aromatic heterocycles. The van der Waals surface area contributed by atoms with E-state index in [2.05, 4.69) is 21.2 Å². The van der Waals surface area contributed by atoms with Gasteiger partial charge in [-0.15, -0.1) is 0 Å². The number of hydrogen-bond donors (Lipinski definition) is 3. The van der Waals surface area contributed by atoms with Crippen LogP contribution in [0.2, 0.25) is 5.02 Å². The molecule has 0 unspecified atom stereocenters. The highest BCUT2D eigenvalue weighted by molar-refractivity contribution is 6.35. The van der Waals surface area contributed by atoms with Crippen molar-refractivity contribution in [1.82, 2.24) is 10.7 Å². The van der Waals surface area contributed by atoms with Crippen molar-refractivity contribution in [2.45, 2.75) is 27.7 Å². The molecule has 0 atom stereocenters. The van der Waals surface area contributed by atoms with Crippen LogP contribution in [0.3, 0.4) is 0 Å². The molecule has 170 valence electrons. The third kappa shape index (κ3) is 8.03. The van der Waals surface area contributed by atoms with Crippen LogP contribution in [0.1, 0.15) is 30.5 Å². The summed E-state index contributed by atoms with van der Waals surface area (Å²) in [7, 11) is 0. The highest BCUT2D eigenvalue weighted by Crippen LogP contribution is 2.21. The van der Waals surface area contributed by atoms with Crippen molar-refractivity contribution in [2.75, 3.05) is 18.5 Å². The molecule has 0 aliphatic carbocycles. The van der Waals surface area contributed by atoms with E-state index >= 15 is 0 Å². The molecule has 0 saturated carbocycles. The number of carbonyl (C=O) groups is 3. The van der Waals surface area contributed by atoms with Crippen LogP contribution in [0.4, 0.5) is 5.69 Å². The summed E-state index contributed by atoms with van der Waals surface area (Å²) in [5.74, 6) is -1.44. The fraction of sp³-hybridized carbons (Fsp3) is 0.304. The van der Waals surface area contributed by atoms with Gasteiger partial charge in [0, 0.05) is 22.8 Å². The Bertz CT molecular complexity index is 1020. The largest absolute Gasteiger partial charge is 0.483 e. The molecule has 0 aliphatic heterocycles. The number of anilines is 1. The predicted octanol–water partition coefficient (Wildman–Crippen LogP) is 3.20. The Kier molecular flexibility index (Phi) is 9.22. The van der Waals surface area contributed by atoms with Crippen LogP contribution in [0.15, 0.2) is 41.5 Å². The minimum absolute atomic E-state index is 0.216. The van der Waals surface area contributed by atoms with Gasteiger partial charge in [0.15, 0.2) is 6.61 Å². The summed E-state index contributed by atoms with van der Waals surface area (Å²) < 4.78 is 5.60. The smallest absolute Gasteiger partial charge is 0.329 e. The zero-order valence-corrected chi connectivity index (χ0v) is 19.2. The molecular weight excluding hydrogens is 432 g/mol. The number of carbonyl (C=O) groups excluding carboxylic acids is 3. The lowest BCUT2D eigenvalue weighted by atomic mass is 10.1. The molecule has 2 aromatic rings. The molecule has 3 amide bonds. The van der Waals surface area contributed by atoms with Gasteiger partial charge in [0.1, 0.15) is 5.75 Å². The first kappa shape index (κ1) is 24.9. The fourth-order valence-electron chi connectivity index (χ4n) is 2.50. The normalized spacial score (nSPS) is 10.8. The van der Waals surface area contributed by atoms with Crippen LogP contribution in [0, 0.1) is 19.8 Å². The van der Waals surface area contributed by atoms with E-state index in [-0.39, 0.29) is 18.4 Å². The van der Waals surface area contributed by atoms with E-state index in [1.165, 1.54) is 6.21 Å². The van der Waals surface area contributed by atoms with E-state index in [4.69, 9.17) is 16.3 Å². The minimum atomic E-state index is -0.890. The Morgan fingerprint density at radius 3 is 2.50 bits per heavy atom. The third-order valence-electron chi connectivity index (χ3n) is 4.37. The molecule has 9 heteroatoms. The molecule has 2 aromatic carbocycles. The highest BCUT2D eigenvalue weighted by Gasteiger charge is 2.13. The highest BCUT2D eigenvalue weighted by atomic mass is 35.5. The van der Waals surface area contributed by atoms with Crippen LogP contribution < -0.4 is 20.8 Å². The number of halogens is 1. The number of ether oxygens (including phenoxy) is 1. The summed E-state index contributed by atoms with van der Waals surface area (Å²) in [5, 5.41) is 9.47. The molecule has 0 fully saturated rings. The van der Waals surface area contributed by atoms with Gasteiger partial charge in [-0.05, 0) is 61.2 Å². The average molecular weight is 459 g/mol. The van der Waals surface area contributed by atoms with E-state index in [1.807, 2.05) is 45.9 Å². The van der Waals surface area contributed by atoms with Crippen molar-refractivity contribution in [2.24, 2.45) is 11.0 Å². The standard InChI is InChI=1S/C23H27ClN4O4/c1-14(2)11-25-22(30)23(31)28-26-12-17-10-18(24)6-8-20(17)32-13-21(29)27-19-7-5-15(3)16(4)9-19/h5-10,12,14H,11,13H2,1-4H3,(H,25,30)(H,27,29)(H,28,31)/b26-12-. The van der Waals surface area contributed by atoms with E-state index in [0.717, 1.165) is 11.1 Å². The molecule has 0 radical (unpaired) electrons. The fourth-order valence-corrected chi connectivity index (χ4v) is 2.68. The first-order valence-corrected chi connectivity index (χ1v) is 10.4. The van der Waals surface area contributed by atoms with Crippen molar-refractivity contribution in [1.29, 1.82) is 0 Å². The Morgan fingerprint density at radius 1 is 1.06 bits per heavy atom. The molecule has 8 nitrogen and oxygen atoms in total. The van der Waals surface area contributed by atoms with Gasteiger partial charge in [-0.3, -0.25) is 14.4 Å². The average Bonchev–Trinajstić information content (AvgIpc) is 2.73. The summed E-state index contributed by atoms with van der Waals surface area (Å²) in [5.41, 5.74) is 5.46. The number of nitrogens with zero attached hydrogens (tertiary/aromatic N) is 1. The third-order valence-corrected chi connectivity index (χ3v) is 4.60. The lowest BCUT2D eigenvalue weighted by Gasteiger charge is -2.11. The summed E-state index contributed by atoms with van der Waals surface area (Å²) in [4.78, 5) is 35.7. The van der Waals surface area contributed by atoms with Crippen LogP contribution in [-0.2, 0) is 14.4 Å². The summed E-state index contributed by atoms with van der Waals surface area (Å²) in [6.07, 6.45) is 1.29. The van der Waals surface area contributed by atoms with Crippen LogP contribution in [0.5, 0.6) is 5.75 Å². The molecule has 0 saturated heterocycles. The minimum Gasteiger partial charge on any atom is -0.483 e. The molecular formula is C23H27ClN4O4. The summed E-state index contributed by atoms with van der Waals surface area (Å²) >= 11 is 6.03. The van der Waals surface area contributed by atoms with E-state index in [9.17, 15) is 14.4 Å². The van der Waals surface area contributed by atoms with Crippen molar-refractivity contribution in [3.63, 3.8) is 0 Å². The van der Waals surface area contributed by atoms with Gasteiger partial charge in [0.25, 0.3) is 5.91 Å². The Hall–Kier alpha value is -3.39. The zero-order valence-electron chi connectivity index (χ0n) is 18.5. The predicted molar refractivity (Wildman–Crippen MR) is 125 cm³/mol. The Labute approximate surface area is 192 Å².